The van der Waals surface area contributed by atoms with E-state index in [-0.39, 0.29) is 11.8 Å². The van der Waals surface area contributed by atoms with Crippen LogP contribution in [0.5, 0.6) is 0 Å². The van der Waals surface area contributed by atoms with E-state index in [2.05, 4.69) is 10.6 Å². The number of hydrogen-bond donors (Lipinski definition) is 2. The Labute approximate surface area is 186 Å². The van der Waals surface area contributed by atoms with Crippen LogP contribution in [0.3, 0.4) is 0 Å². The van der Waals surface area contributed by atoms with Crippen molar-refractivity contribution in [1.29, 1.82) is 0 Å². The molecule has 0 aliphatic heterocycles. The molecule has 0 aliphatic carbocycles. The van der Waals surface area contributed by atoms with Crippen molar-refractivity contribution in [1.82, 2.24) is 15.5 Å². The van der Waals surface area contributed by atoms with Crippen molar-refractivity contribution in [2.75, 3.05) is 6.54 Å². The van der Waals surface area contributed by atoms with E-state index >= 15 is 0 Å². The number of hydrogen-bond acceptors (Lipinski definition) is 4. The van der Waals surface area contributed by atoms with E-state index in [4.69, 9.17) is 4.74 Å². The highest BCUT2D eigenvalue weighted by atomic mass is 16.6. The van der Waals surface area contributed by atoms with Gasteiger partial charge in [0.2, 0.25) is 11.8 Å². The number of carbonyl (C=O) groups is 3. The van der Waals surface area contributed by atoms with Crippen molar-refractivity contribution < 1.29 is 19.1 Å². The Bertz CT molecular complexity index is 778. The van der Waals surface area contributed by atoms with Gasteiger partial charge in [-0.3, -0.25) is 9.59 Å². The molecule has 0 saturated heterocycles. The number of ether oxygens (including phenoxy) is 1. The molecule has 1 rings (SSSR count). The Hall–Kier alpha value is -2.57. The first-order valence-corrected chi connectivity index (χ1v) is 10.8. The molecule has 2 atom stereocenters. The van der Waals surface area contributed by atoms with Crippen LogP contribution in [0.4, 0.5) is 4.79 Å². The summed E-state index contributed by atoms with van der Waals surface area (Å²) in [6.07, 6.45) is -0.00762. The van der Waals surface area contributed by atoms with Crippen molar-refractivity contribution in [2.24, 2.45) is 0 Å². The summed E-state index contributed by atoms with van der Waals surface area (Å²) in [5.74, 6) is -0.604. The van der Waals surface area contributed by atoms with Crippen LogP contribution >= 0.6 is 0 Å². The second-order valence-corrected chi connectivity index (χ2v) is 9.96. The predicted octanol–water partition coefficient (Wildman–Crippen LogP) is 4.10. The molecule has 2 unspecified atom stereocenters. The largest absolute Gasteiger partial charge is 0.444 e. The first kappa shape index (κ1) is 26.5. The normalized spacial score (nSPS) is 13.7. The lowest BCUT2D eigenvalue weighted by Gasteiger charge is -2.35. The first-order valence-electron chi connectivity index (χ1n) is 10.8. The van der Waals surface area contributed by atoms with Crippen molar-refractivity contribution >= 4 is 17.9 Å². The summed E-state index contributed by atoms with van der Waals surface area (Å²) in [6, 6.07) is 5.92. The van der Waals surface area contributed by atoms with Gasteiger partial charge in [-0.2, -0.15) is 0 Å². The van der Waals surface area contributed by atoms with Gasteiger partial charge in [0.25, 0.3) is 0 Å². The summed E-state index contributed by atoms with van der Waals surface area (Å²) < 4.78 is 5.27. The monoisotopic (exact) mass is 433 g/mol. The fourth-order valence-electron chi connectivity index (χ4n) is 3.15. The van der Waals surface area contributed by atoms with Crippen LogP contribution < -0.4 is 10.6 Å². The van der Waals surface area contributed by atoms with E-state index < -0.39 is 29.3 Å². The number of benzene rings is 1. The zero-order chi connectivity index (χ0) is 24.0. The number of alkyl carbamates (subject to hydrolysis) is 1. The van der Waals surface area contributed by atoms with Crippen LogP contribution in [0.15, 0.2) is 24.3 Å². The lowest BCUT2D eigenvalue weighted by atomic mass is 9.99. The van der Waals surface area contributed by atoms with Gasteiger partial charge in [-0.15, -0.1) is 0 Å². The second kappa shape index (κ2) is 10.6. The molecule has 1 aromatic rings. The maximum absolute atomic E-state index is 13.4. The number of aryl methyl sites for hydroxylation is 1. The molecule has 7 heteroatoms. The van der Waals surface area contributed by atoms with Crippen LogP contribution in [0.25, 0.3) is 0 Å². The zero-order valence-electron chi connectivity index (χ0n) is 20.5. The van der Waals surface area contributed by atoms with Gasteiger partial charge in [-0.1, -0.05) is 36.8 Å². The highest BCUT2D eigenvalue weighted by Gasteiger charge is 2.35. The molecular weight excluding hydrogens is 394 g/mol. The number of carbonyl (C=O) groups excluding carboxylic acids is 3. The fourth-order valence-corrected chi connectivity index (χ4v) is 3.15. The molecule has 174 valence electrons. The van der Waals surface area contributed by atoms with E-state index in [1.54, 1.807) is 27.7 Å². The van der Waals surface area contributed by atoms with Crippen LogP contribution in [0.1, 0.15) is 79.0 Å². The first-order chi connectivity index (χ1) is 14.1. The minimum Gasteiger partial charge on any atom is -0.444 e. The standard InChI is InChI=1S/C24H39N3O4/c1-10-14-27(21(29)17(3)25-22(30)31-24(7,8)9)19(20(28)26-23(4,5)6)18-13-11-12-16(2)15-18/h11-13,15,17,19H,10,14H2,1-9H3,(H,25,30)(H,26,28). The van der Waals surface area contributed by atoms with Gasteiger partial charge in [0, 0.05) is 12.1 Å². The van der Waals surface area contributed by atoms with Gasteiger partial charge in [0.15, 0.2) is 0 Å². The average molecular weight is 434 g/mol. The predicted molar refractivity (Wildman–Crippen MR) is 123 cm³/mol. The number of amides is 3. The van der Waals surface area contributed by atoms with Gasteiger partial charge in [-0.25, -0.2) is 4.79 Å². The van der Waals surface area contributed by atoms with Gasteiger partial charge in [-0.05, 0) is 67.4 Å². The number of nitrogens with one attached hydrogen (secondary N) is 2. The molecular formula is C24H39N3O4. The summed E-state index contributed by atoms with van der Waals surface area (Å²) in [6.45, 7) is 16.8. The van der Waals surface area contributed by atoms with Crippen molar-refractivity contribution in [3.8, 4) is 0 Å². The van der Waals surface area contributed by atoms with Crippen molar-refractivity contribution in [3.63, 3.8) is 0 Å². The molecule has 0 heterocycles. The molecule has 2 N–H and O–H groups in total. The Kier molecular flexibility index (Phi) is 9.09. The quantitative estimate of drug-likeness (QED) is 0.678. The molecule has 31 heavy (non-hydrogen) atoms. The second-order valence-electron chi connectivity index (χ2n) is 9.96. The van der Waals surface area contributed by atoms with Crippen LogP contribution in [-0.2, 0) is 14.3 Å². The SMILES string of the molecule is CCCN(C(=O)C(C)NC(=O)OC(C)(C)C)C(C(=O)NC(C)(C)C)c1cccc(C)c1. The lowest BCUT2D eigenvalue weighted by molar-refractivity contribution is -0.142. The molecule has 7 nitrogen and oxygen atoms in total. The minimum atomic E-state index is -0.851. The third-order valence-corrected chi connectivity index (χ3v) is 4.27. The maximum Gasteiger partial charge on any atom is 0.408 e. The number of rotatable bonds is 7. The highest BCUT2D eigenvalue weighted by molar-refractivity contribution is 5.92. The maximum atomic E-state index is 13.4. The molecule has 0 aliphatic rings. The molecule has 1 aromatic carbocycles. The van der Waals surface area contributed by atoms with Gasteiger partial charge in [0.1, 0.15) is 17.7 Å². The number of nitrogens with zero attached hydrogens (tertiary/aromatic N) is 1. The van der Waals surface area contributed by atoms with E-state index in [9.17, 15) is 14.4 Å². The van der Waals surface area contributed by atoms with Crippen LogP contribution in [-0.4, -0.2) is 46.5 Å². The van der Waals surface area contributed by atoms with Gasteiger partial charge < -0.3 is 20.3 Å². The van der Waals surface area contributed by atoms with E-state index in [1.165, 1.54) is 4.90 Å². The summed E-state index contributed by atoms with van der Waals surface area (Å²) in [5.41, 5.74) is 0.593. The Morgan fingerprint density at radius 2 is 1.71 bits per heavy atom. The smallest absolute Gasteiger partial charge is 0.408 e. The van der Waals surface area contributed by atoms with Crippen molar-refractivity contribution in [2.45, 2.75) is 92.0 Å². The molecule has 0 bridgehead atoms. The molecule has 3 amide bonds. The Morgan fingerprint density at radius 1 is 1.10 bits per heavy atom. The zero-order valence-corrected chi connectivity index (χ0v) is 20.5. The van der Waals surface area contributed by atoms with Gasteiger partial charge in [0.05, 0.1) is 0 Å². The fraction of sp³-hybridized carbons (Fsp3) is 0.625. The third kappa shape index (κ3) is 8.99. The highest BCUT2D eigenvalue weighted by Crippen LogP contribution is 2.25. The molecule has 0 saturated carbocycles. The molecule has 0 spiro atoms. The van der Waals surface area contributed by atoms with E-state index in [0.717, 1.165) is 11.1 Å². The van der Waals surface area contributed by atoms with E-state index in [0.29, 0.717) is 13.0 Å². The van der Waals surface area contributed by atoms with E-state index in [1.807, 2.05) is 58.9 Å². The lowest BCUT2D eigenvalue weighted by Crippen LogP contribution is -2.54. The molecule has 0 aromatic heterocycles. The molecule has 0 radical (unpaired) electrons. The van der Waals surface area contributed by atoms with Crippen LogP contribution in [0.2, 0.25) is 0 Å². The van der Waals surface area contributed by atoms with Crippen LogP contribution in [0, 0.1) is 6.92 Å². The topological polar surface area (TPSA) is 87.7 Å². The third-order valence-electron chi connectivity index (χ3n) is 4.27. The Balaban J connectivity index is 3.27. The van der Waals surface area contributed by atoms with Gasteiger partial charge >= 0.3 is 6.09 Å². The minimum absolute atomic E-state index is 0.260. The average Bonchev–Trinajstić information content (AvgIpc) is 2.57. The Morgan fingerprint density at radius 3 is 2.19 bits per heavy atom. The summed E-state index contributed by atoms with van der Waals surface area (Å²) >= 11 is 0. The summed E-state index contributed by atoms with van der Waals surface area (Å²) in [5, 5.41) is 5.59. The molecule has 0 fully saturated rings. The summed E-state index contributed by atoms with van der Waals surface area (Å²) in [7, 11) is 0. The van der Waals surface area contributed by atoms with Crippen molar-refractivity contribution in [3.05, 3.63) is 35.4 Å². The summed E-state index contributed by atoms with van der Waals surface area (Å²) in [4.78, 5) is 40.4.